The van der Waals surface area contributed by atoms with E-state index in [2.05, 4.69) is 28.7 Å². The number of hydrogen-bond donors (Lipinski definition) is 2. The van der Waals surface area contributed by atoms with Gasteiger partial charge in [-0.3, -0.25) is 0 Å². The van der Waals surface area contributed by atoms with Crippen molar-refractivity contribution in [3.8, 4) is 0 Å². The van der Waals surface area contributed by atoms with Crippen molar-refractivity contribution in [1.29, 1.82) is 0 Å². The Morgan fingerprint density at radius 3 is 3.40 bits per heavy atom. The Kier molecular flexibility index (Phi) is 1.31. The van der Waals surface area contributed by atoms with E-state index in [1.807, 2.05) is 0 Å². The molecule has 2 heterocycles. The van der Waals surface area contributed by atoms with E-state index in [4.69, 9.17) is 0 Å². The summed E-state index contributed by atoms with van der Waals surface area (Å²) in [4.78, 5) is 2.35. The molecule has 1 fully saturated rings. The van der Waals surface area contributed by atoms with Gasteiger partial charge in [0.2, 0.25) is 0 Å². The van der Waals surface area contributed by atoms with E-state index in [9.17, 15) is 0 Å². The van der Waals surface area contributed by atoms with Gasteiger partial charge in [0.15, 0.2) is 0 Å². The second kappa shape index (κ2) is 2.16. The van der Waals surface area contributed by atoms with Crippen molar-refractivity contribution in [1.82, 2.24) is 15.5 Å². The molecule has 1 atom stereocenters. The fourth-order valence-electron chi connectivity index (χ4n) is 1.56. The highest BCUT2D eigenvalue weighted by Crippen LogP contribution is 2.10. The number of hydrogen-bond acceptors (Lipinski definition) is 3. The molecule has 1 saturated heterocycles. The molecule has 0 aliphatic carbocycles. The molecule has 0 aromatic heterocycles. The summed E-state index contributed by atoms with van der Waals surface area (Å²) < 4.78 is 0. The molecular formula is C7H13N3. The Morgan fingerprint density at radius 1 is 1.70 bits per heavy atom. The van der Waals surface area contributed by atoms with Crippen LogP contribution in [0.5, 0.6) is 0 Å². The number of fused-ring (bicyclic) bond motifs is 1. The summed E-state index contributed by atoms with van der Waals surface area (Å²) in [5, 5.41) is 6.72. The highest BCUT2D eigenvalue weighted by atomic mass is 15.3. The second-order valence-corrected chi connectivity index (χ2v) is 2.91. The number of rotatable bonds is 0. The zero-order valence-electron chi connectivity index (χ0n) is 6.22. The molecule has 0 amide bonds. The topological polar surface area (TPSA) is 27.3 Å². The van der Waals surface area contributed by atoms with Crippen LogP contribution in [0.1, 0.15) is 6.92 Å². The monoisotopic (exact) mass is 139 g/mol. The van der Waals surface area contributed by atoms with Gasteiger partial charge in [-0.2, -0.15) is 0 Å². The largest absolute Gasteiger partial charge is 0.367 e. The third kappa shape index (κ3) is 0.865. The standard InChI is InChI=1S/C7H13N3/c1-6-5-10-3-2-8-4-7(10)9-6/h5,7-9H,2-4H2,1H3. The van der Waals surface area contributed by atoms with Crippen molar-refractivity contribution >= 4 is 0 Å². The molecule has 0 bridgehead atoms. The maximum atomic E-state index is 3.38. The van der Waals surface area contributed by atoms with Gasteiger partial charge in [-0.1, -0.05) is 0 Å². The first-order valence-corrected chi connectivity index (χ1v) is 3.78. The molecule has 0 spiro atoms. The zero-order valence-corrected chi connectivity index (χ0v) is 6.22. The average molecular weight is 139 g/mol. The van der Waals surface area contributed by atoms with E-state index in [1.165, 1.54) is 5.70 Å². The van der Waals surface area contributed by atoms with Crippen molar-refractivity contribution in [3.05, 3.63) is 11.9 Å². The lowest BCUT2D eigenvalue weighted by atomic mass is 10.3. The summed E-state index contributed by atoms with van der Waals surface area (Å²) in [5.41, 5.74) is 1.29. The zero-order chi connectivity index (χ0) is 6.97. The van der Waals surface area contributed by atoms with Crippen LogP contribution in [0.3, 0.4) is 0 Å². The molecule has 3 nitrogen and oxygen atoms in total. The molecule has 56 valence electrons. The second-order valence-electron chi connectivity index (χ2n) is 2.91. The summed E-state index contributed by atoms with van der Waals surface area (Å²) in [5.74, 6) is 0. The molecule has 0 aromatic rings. The predicted molar refractivity (Wildman–Crippen MR) is 40.3 cm³/mol. The van der Waals surface area contributed by atoms with Gasteiger partial charge in [0, 0.05) is 31.5 Å². The lowest BCUT2D eigenvalue weighted by Gasteiger charge is -2.30. The Morgan fingerprint density at radius 2 is 2.60 bits per heavy atom. The van der Waals surface area contributed by atoms with Gasteiger partial charge in [0.05, 0.1) is 0 Å². The summed E-state index contributed by atoms with van der Waals surface area (Å²) in [6.45, 7) is 5.42. The molecular weight excluding hydrogens is 126 g/mol. The van der Waals surface area contributed by atoms with E-state index in [0.717, 1.165) is 19.6 Å². The lowest BCUT2D eigenvalue weighted by Crippen LogP contribution is -2.51. The SMILES string of the molecule is CC1=CN2CCNCC2N1. The summed E-state index contributed by atoms with van der Waals surface area (Å²) >= 11 is 0. The van der Waals surface area contributed by atoms with Crippen LogP contribution in [0.4, 0.5) is 0 Å². The molecule has 2 aliphatic heterocycles. The van der Waals surface area contributed by atoms with Crippen LogP contribution < -0.4 is 10.6 Å². The Hall–Kier alpha value is -0.700. The van der Waals surface area contributed by atoms with Crippen LogP contribution in [0.25, 0.3) is 0 Å². The van der Waals surface area contributed by atoms with Gasteiger partial charge in [0.25, 0.3) is 0 Å². The smallest absolute Gasteiger partial charge is 0.111 e. The Labute approximate surface area is 61.1 Å². The third-order valence-electron chi connectivity index (χ3n) is 2.04. The average Bonchev–Trinajstić information content (AvgIpc) is 2.27. The fraction of sp³-hybridized carbons (Fsp3) is 0.714. The summed E-state index contributed by atoms with van der Waals surface area (Å²) in [6.07, 6.45) is 2.72. The molecule has 2 rings (SSSR count). The maximum Gasteiger partial charge on any atom is 0.111 e. The molecule has 0 saturated carbocycles. The Balaban J connectivity index is 2.06. The van der Waals surface area contributed by atoms with Gasteiger partial charge in [-0.15, -0.1) is 0 Å². The molecule has 1 unspecified atom stereocenters. The van der Waals surface area contributed by atoms with Crippen molar-refractivity contribution in [2.75, 3.05) is 19.6 Å². The van der Waals surface area contributed by atoms with Gasteiger partial charge in [0.1, 0.15) is 6.17 Å². The van der Waals surface area contributed by atoms with Crippen LogP contribution in [0.15, 0.2) is 11.9 Å². The predicted octanol–water partition coefficient (Wildman–Crippen LogP) is -0.318. The number of nitrogens with one attached hydrogen (secondary N) is 2. The third-order valence-corrected chi connectivity index (χ3v) is 2.04. The van der Waals surface area contributed by atoms with Crippen molar-refractivity contribution in [2.24, 2.45) is 0 Å². The molecule has 0 radical (unpaired) electrons. The van der Waals surface area contributed by atoms with Crippen LogP contribution in [-0.4, -0.2) is 30.7 Å². The Bertz CT molecular complexity index is 164. The maximum absolute atomic E-state index is 3.38. The molecule has 2 N–H and O–H groups in total. The number of piperazine rings is 1. The fourth-order valence-corrected chi connectivity index (χ4v) is 1.56. The lowest BCUT2D eigenvalue weighted by molar-refractivity contribution is 0.230. The van der Waals surface area contributed by atoms with E-state index >= 15 is 0 Å². The highest BCUT2D eigenvalue weighted by molar-refractivity contribution is 5.06. The first kappa shape index (κ1) is 6.04. The summed E-state index contributed by atoms with van der Waals surface area (Å²) in [6, 6.07) is 0. The van der Waals surface area contributed by atoms with Crippen LogP contribution in [0.2, 0.25) is 0 Å². The van der Waals surface area contributed by atoms with Crippen molar-refractivity contribution in [2.45, 2.75) is 13.1 Å². The first-order chi connectivity index (χ1) is 4.86. The van der Waals surface area contributed by atoms with Crippen LogP contribution in [-0.2, 0) is 0 Å². The number of allylic oxidation sites excluding steroid dienone is 1. The van der Waals surface area contributed by atoms with Crippen LogP contribution in [0, 0.1) is 0 Å². The van der Waals surface area contributed by atoms with Crippen molar-refractivity contribution < 1.29 is 0 Å². The normalized spacial score (nSPS) is 31.1. The van der Waals surface area contributed by atoms with E-state index in [0.29, 0.717) is 6.17 Å². The molecule has 10 heavy (non-hydrogen) atoms. The quantitative estimate of drug-likeness (QED) is 0.482. The van der Waals surface area contributed by atoms with Crippen LogP contribution >= 0.6 is 0 Å². The minimum Gasteiger partial charge on any atom is -0.367 e. The molecule has 2 aliphatic rings. The van der Waals surface area contributed by atoms with E-state index < -0.39 is 0 Å². The van der Waals surface area contributed by atoms with Gasteiger partial charge < -0.3 is 15.5 Å². The molecule has 0 aromatic carbocycles. The van der Waals surface area contributed by atoms with Gasteiger partial charge in [-0.25, -0.2) is 0 Å². The van der Waals surface area contributed by atoms with Crippen molar-refractivity contribution in [3.63, 3.8) is 0 Å². The summed E-state index contributed by atoms with van der Waals surface area (Å²) in [7, 11) is 0. The highest BCUT2D eigenvalue weighted by Gasteiger charge is 2.23. The molecule has 3 heteroatoms. The first-order valence-electron chi connectivity index (χ1n) is 3.78. The van der Waals surface area contributed by atoms with E-state index in [-0.39, 0.29) is 0 Å². The minimum absolute atomic E-state index is 0.522. The van der Waals surface area contributed by atoms with E-state index in [1.54, 1.807) is 0 Å². The van der Waals surface area contributed by atoms with Gasteiger partial charge >= 0.3 is 0 Å². The van der Waals surface area contributed by atoms with Gasteiger partial charge in [-0.05, 0) is 6.92 Å². The minimum atomic E-state index is 0.522. The number of nitrogens with zero attached hydrogens (tertiary/aromatic N) is 1.